The molecule has 116 valence electrons. The maximum absolute atomic E-state index is 11.2. The summed E-state index contributed by atoms with van der Waals surface area (Å²) in [4.78, 5) is 15.0. The standard InChI is InChI=1S/C16H25N3O2/c1-12(2)9-16(6-4-5-7-16)11-18-15-14(19(20)21)8-13(3)10-17-15/h8,10,12H,4-7,9,11H2,1-3H3,(H,17,18). The first-order valence-corrected chi connectivity index (χ1v) is 7.77. The van der Waals surface area contributed by atoms with E-state index in [-0.39, 0.29) is 16.0 Å². The van der Waals surface area contributed by atoms with Crippen molar-refractivity contribution in [3.8, 4) is 0 Å². The number of nitrogens with zero attached hydrogens (tertiary/aromatic N) is 2. The molecule has 0 unspecified atom stereocenters. The molecule has 5 heteroatoms. The van der Waals surface area contributed by atoms with Crippen molar-refractivity contribution in [3.63, 3.8) is 0 Å². The van der Waals surface area contributed by atoms with Crippen LogP contribution in [0.15, 0.2) is 12.3 Å². The number of hydrogen-bond donors (Lipinski definition) is 1. The number of aryl methyl sites for hydroxylation is 1. The van der Waals surface area contributed by atoms with Crippen molar-refractivity contribution in [1.82, 2.24) is 4.98 Å². The number of aromatic nitrogens is 1. The first kappa shape index (κ1) is 15.7. The van der Waals surface area contributed by atoms with Gasteiger partial charge in [0.15, 0.2) is 0 Å². The van der Waals surface area contributed by atoms with E-state index in [0.29, 0.717) is 11.7 Å². The molecule has 1 aliphatic carbocycles. The monoisotopic (exact) mass is 291 g/mol. The molecule has 0 radical (unpaired) electrons. The molecule has 1 aromatic rings. The Bertz CT molecular complexity index is 508. The topological polar surface area (TPSA) is 68.1 Å². The van der Waals surface area contributed by atoms with Gasteiger partial charge in [-0.05, 0) is 43.1 Å². The Morgan fingerprint density at radius 3 is 2.67 bits per heavy atom. The number of nitrogens with one attached hydrogen (secondary N) is 1. The fraction of sp³-hybridized carbons (Fsp3) is 0.688. The second-order valence-electron chi connectivity index (χ2n) is 6.80. The molecule has 0 saturated heterocycles. The molecule has 1 heterocycles. The third kappa shape index (κ3) is 3.93. The highest BCUT2D eigenvalue weighted by Crippen LogP contribution is 2.43. The summed E-state index contributed by atoms with van der Waals surface area (Å²) >= 11 is 0. The van der Waals surface area contributed by atoms with E-state index in [1.807, 2.05) is 6.92 Å². The van der Waals surface area contributed by atoms with Crippen LogP contribution in [0.4, 0.5) is 11.5 Å². The predicted molar refractivity (Wildman–Crippen MR) is 84.5 cm³/mol. The zero-order chi connectivity index (χ0) is 15.5. The Balaban J connectivity index is 2.12. The first-order chi connectivity index (χ1) is 9.92. The second-order valence-corrected chi connectivity index (χ2v) is 6.80. The largest absolute Gasteiger partial charge is 0.364 e. The summed E-state index contributed by atoms with van der Waals surface area (Å²) in [6.07, 6.45) is 7.78. The van der Waals surface area contributed by atoms with Crippen LogP contribution in [0.5, 0.6) is 0 Å². The lowest BCUT2D eigenvalue weighted by Gasteiger charge is -2.31. The van der Waals surface area contributed by atoms with Crippen LogP contribution in [0, 0.1) is 28.4 Å². The Morgan fingerprint density at radius 1 is 1.43 bits per heavy atom. The van der Waals surface area contributed by atoms with Gasteiger partial charge in [-0.15, -0.1) is 0 Å². The lowest BCUT2D eigenvalue weighted by atomic mass is 9.78. The minimum atomic E-state index is -0.355. The summed E-state index contributed by atoms with van der Waals surface area (Å²) in [6.45, 7) is 7.09. The Hall–Kier alpha value is -1.65. The van der Waals surface area contributed by atoms with Gasteiger partial charge in [-0.3, -0.25) is 10.1 Å². The van der Waals surface area contributed by atoms with Crippen molar-refractivity contribution < 1.29 is 4.92 Å². The summed E-state index contributed by atoms with van der Waals surface area (Å²) in [5.74, 6) is 1.05. The van der Waals surface area contributed by atoms with Gasteiger partial charge in [-0.25, -0.2) is 4.98 Å². The van der Waals surface area contributed by atoms with Gasteiger partial charge in [0.2, 0.25) is 5.82 Å². The van der Waals surface area contributed by atoms with E-state index < -0.39 is 0 Å². The van der Waals surface area contributed by atoms with Gasteiger partial charge in [0.25, 0.3) is 0 Å². The smallest absolute Gasteiger partial charge is 0.311 e. The van der Waals surface area contributed by atoms with Gasteiger partial charge in [-0.1, -0.05) is 26.7 Å². The molecule has 0 amide bonds. The minimum Gasteiger partial charge on any atom is -0.364 e. The summed E-state index contributed by atoms with van der Waals surface area (Å²) in [6, 6.07) is 1.58. The maximum Gasteiger partial charge on any atom is 0.311 e. The van der Waals surface area contributed by atoms with Gasteiger partial charge in [0.1, 0.15) is 0 Å². The van der Waals surface area contributed by atoms with E-state index in [1.165, 1.54) is 32.1 Å². The molecular formula is C16H25N3O2. The average molecular weight is 291 g/mol. The second kappa shape index (κ2) is 6.41. The summed E-state index contributed by atoms with van der Waals surface area (Å²) in [5.41, 5.74) is 1.16. The van der Waals surface area contributed by atoms with Gasteiger partial charge < -0.3 is 5.32 Å². The number of rotatable bonds is 6. The molecule has 0 atom stereocenters. The third-order valence-electron chi connectivity index (χ3n) is 4.34. The molecule has 21 heavy (non-hydrogen) atoms. The van der Waals surface area contributed by atoms with Crippen molar-refractivity contribution in [2.45, 2.75) is 52.9 Å². The van der Waals surface area contributed by atoms with Crippen molar-refractivity contribution >= 4 is 11.5 Å². The molecule has 1 N–H and O–H groups in total. The average Bonchev–Trinajstić information content (AvgIpc) is 2.85. The van der Waals surface area contributed by atoms with E-state index in [1.54, 1.807) is 12.3 Å². The van der Waals surface area contributed by atoms with Crippen molar-refractivity contribution in [1.29, 1.82) is 0 Å². The summed E-state index contributed by atoms with van der Waals surface area (Å²) in [7, 11) is 0. The Morgan fingerprint density at radius 2 is 2.10 bits per heavy atom. The van der Waals surface area contributed by atoms with Gasteiger partial charge in [-0.2, -0.15) is 0 Å². The van der Waals surface area contributed by atoms with Gasteiger partial charge in [0, 0.05) is 18.8 Å². The highest BCUT2D eigenvalue weighted by atomic mass is 16.6. The first-order valence-electron chi connectivity index (χ1n) is 7.77. The molecule has 1 fully saturated rings. The van der Waals surface area contributed by atoms with Gasteiger partial charge >= 0.3 is 5.69 Å². The van der Waals surface area contributed by atoms with Crippen molar-refractivity contribution in [2.75, 3.05) is 11.9 Å². The van der Waals surface area contributed by atoms with E-state index in [2.05, 4.69) is 24.1 Å². The predicted octanol–water partition coefficient (Wildman–Crippen LogP) is 4.32. The van der Waals surface area contributed by atoms with Crippen LogP contribution in [-0.2, 0) is 0 Å². The third-order valence-corrected chi connectivity index (χ3v) is 4.34. The zero-order valence-electron chi connectivity index (χ0n) is 13.2. The Kier molecular flexibility index (Phi) is 4.80. The van der Waals surface area contributed by atoms with E-state index >= 15 is 0 Å². The van der Waals surface area contributed by atoms with E-state index in [9.17, 15) is 10.1 Å². The lowest BCUT2D eigenvalue weighted by molar-refractivity contribution is -0.384. The highest BCUT2D eigenvalue weighted by molar-refractivity contribution is 5.56. The quantitative estimate of drug-likeness (QED) is 0.626. The van der Waals surface area contributed by atoms with Crippen LogP contribution in [0.25, 0.3) is 0 Å². The Labute approximate surface area is 126 Å². The number of hydrogen-bond acceptors (Lipinski definition) is 4. The van der Waals surface area contributed by atoms with Crippen LogP contribution in [0.2, 0.25) is 0 Å². The molecule has 0 bridgehead atoms. The molecule has 1 aromatic heterocycles. The molecule has 1 aliphatic rings. The van der Waals surface area contributed by atoms with Crippen LogP contribution in [0.3, 0.4) is 0 Å². The number of pyridine rings is 1. The van der Waals surface area contributed by atoms with Crippen LogP contribution < -0.4 is 5.32 Å². The SMILES string of the molecule is Cc1cnc(NCC2(CC(C)C)CCCC2)c([N+](=O)[O-])c1. The summed E-state index contributed by atoms with van der Waals surface area (Å²) in [5, 5.41) is 14.4. The molecule has 0 aliphatic heterocycles. The fourth-order valence-electron chi connectivity index (χ4n) is 3.54. The molecule has 5 nitrogen and oxygen atoms in total. The molecule has 1 saturated carbocycles. The van der Waals surface area contributed by atoms with Crippen molar-refractivity contribution in [3.05, 3.63) is 27.9 Å². The van der Waals surface area contributed by atoms with Crippen molar-refractivity contribution in [2.24, 2.45) is 11.3 Å². The maximum atomic E-state index is 11.2. The number of nitro groups is 1. The van der Waals surface area contributed by atoms with Gasteiger partial charge in [0.05, 0.1) is 4.92 Å². The number of anilines is 1. The molecule has 0 aromatic carbocycles. The molecular weight excluding hydrogens is 266 g/mol. The van der Waals surface area contributed by atoms with E-state index in [0.717, 1.165) is 12.1 Å². The van der Waals surface area contributed by atoms with Crippen LogP contribution in [-0.4, -0.2) is 16.5 Å². The highest BCUT2D eigenvalue weighted by Gasteiger charge is 2.34. The fourth-order valence-corrected chi connectivity index (χ4v) is 3.54. The van der Waals surface area contributed by atoms with Crippen LogP contribution in [0.1, 0.15) is 51.5 Å². The zero-order valence-corrected chi connectivity index (χ0v) is 13.2. The molecule has 0 spiro atoms. The minimum absolute atomic E-state index is 0.0766. The van der Waals surface area contributed by atoms with E-state index in [4.69, 9.17) is 0 Å². The normalized spacial score (nSPS) is 17.1. The lowest BCUT2D eigenvalue weighted by Crippen LogP contribution is -2.29. The van der Waals surface area contributed by atoms with Crippen LogP contribution >= 0.6 is 0 Å². The summed E-state index contributed by atoms with van der Waals surface area (Å²) < 4.78 is 0. The molecule has 2 rings (SSSR count).